The molecule has 0 spiro atoms. The number of hydrogen-bond acceptors (Lipinski definition) is 2. The maximum Gasteiger partial charge on any atom is 0.0467 e. The van der Waals surface area contributed by atoms with Crippen LogP contribution in [-0.4, -0.2) is 0 Å². The lowest BCUT2D eigenvalue weighted by Gasteiger charge is -2.32. The maximum atomic E-state index is 2.49. The van der Waals surface area contributed by atoms with Gasteiger partial charge in [0, 0.05) is 45.0 Å². The van der Waals surface area contributed by atoms with E-state index in [1.54, 1.807) is 0 Å². The summed E-state index contributed by atoms with van der Waals surface area (Å²) in [5.74, 6) is 0. The van der Waals surface area contributed by atoms with Crippen LogP contribution < -0.4 is 9.80 Å². The molecule has 7 aromatic rings. The largest absolute Gasteiger partial charge is 0.310 e. The number of fused-ring (bicyclic) bond motifs is 7. The molecule has 2 aliphatic carbocycles. The average molecular weight is 785 g/mol. The summed E-state index contributed by atoms with van der Waals surface area (Å²) in [6.45, 7) is 28.2. The minimum atomic E-state index is -0.226. The molecule has 7 aromatic carbocycles. The average Bonchev–Trinajstić information content (AvgIpc) is 3.58. The van der Waals surface area contributed by atoms with E-state index in [2.05, 4.69) is 238 Å². The van der Waals surface area contributed by atoms with Crippen molar-refractivity contribution in [3.05, 3.63) is 190 Å². The lowest BCUT2D eigenvalue weighted by atomic mass is 9.72. The molecule has 9 rings (SSSR count). The minimum absolute atomic E-state index is 0.0868. The molecule has 0 unspecified atom stereocenters. The molecule has 2 heteroatoms. The Morgan fingerprint density at radius 2 is 0.683 bits per heavy atom. The lowest BCUT2D eigenvalue weighted by molar-refractivity contribution is 0.590. The Bertz CT molecular complexity index is 2560. The normalized spacial score (nSPS) is 14.6. The molecule has 2 aliphatic rings. The van der Waals surface area contributed by atoms with Crippen LogP contribution in [0.15, 0.2) is 146 Å². The summed E-state index contributed by atoms with van der Waals surface area (Å²) < 4.78 is 0. The van der Waals surface area contributed by atoms with Crippen LogP contribution in [0.25, 0.3) is 22.3 Å². The predicted octanol–water partition coefficient (Wildman–Crippen LogP) is 16.5. The monoisotopic (exact) mass is 784 g/mol. The van der Waals surface area contributed by atoms with Gasteiger partial charge in [-0.3, -0.25) is 0 Å². The zero-order valence-electron chi connectivity index (χ0n) is 37.8. The highest BCUT2D eigenvalue weighted by molar-refractivity contribution is 5.95. The molecule has 0 fully saturated rings. The fourth-order valence-corrected chi connectivity index (χ4v) is 10.4. The topological polar surface area (TPSA) is 6.48 Å². The number of aryl methyl sites for hydroxylation is 2. The second-order valence-electron chi connectivity index (χ2n) is 20.5. The highest BCUT2D eigenvalue weighted by Crippen LogP contribution is 2.61. The number of benzene rings is 7. The van der Waals surface area contributed by atoms with Gasteiger partial charge in [-0.1, -0.05) is 142 Å². The van der Waals surface area contributed by atoms with Crippen LogP contribution in [0.2, 0.25) is 0 Å². The van der Waals surface area contributed by atoms with Crippen molar-refractivity contribution in [1.82, 2.24) is 0 Å². The number of nitrogens with zero attached hydrogens (tertiary/aromatic N) is 2. The molecule has 0 radical (unpaired) electrons. The van der Waals surface area contributed by atoms with Gasteiger partial charge in [-0.05, 0) is 164 Å². The predicted molar refractivity (Wildman–Crippen MR) is 258 cm³/mol. The van der Waals surface area contributed by atoms with E-state index >= 15 is 0 Å². The standard InChI is InChI=1S/C58H60N2/c1-37-33-45(59(41-19-15-13-16-20-41)43-27-23-39(24-28-43)55(3,4)5)35-49-51(37)47-31-32-48-52-38(2)34-46(36-50(52)58(11,12)54(48)53(47)57(49,9)10)60(42-21-17-14-18-22-42)44-29-25-40(26-30-44)56(6,7)8/h13-36H,1-12H3. The number of hydrogen-bond donors (Lipinski definition) is 0. The van der Waals surface area contributed by atoms with E-state index in [-0.39, 0.29) is 21.7 Å². The lowest BCUT2D eigenvalue weighted by Crippen LogP contribution is -2.24. The fourth-order valence-electron chi connectivity index (χ4n) is 10.4. The van der Waals surface area contributed by atoms with Crippen LogP contribution >= 0.6 is 0 Å². The number of anilines is 6. The van der Waals surface area contributed by atoms with Crippen LogP contribution in [0.1, 0.15) is 114 Å². The fraction of sp³-hybridized carbons (Fsp3) is 0.276. The van der Waals surface area contributed by atoms with Gasteiger partial charge in [0.2, 0.25) is 0 Å². The van der Waals surface area contributed by atoms with Crippen molar-refractivity contribution in [1.29, 1.82) is 0 Å². The SMILES string of the molecule is Cc1cc(N(c2ccccc2)c2ccc(C(C)(C)C)cc2)cc2c1-c1ccc3c(c1C2(C)C)C(C)(C)c1cc(N(c2ccccc2)c2ccc(C(C)(C)C)cc2)cc(C)c1-3. The molecule has 0 amide bonds. The molecule has 0 saturated heterocycles. The Balaban J connectivity index is 1.17. The van der Waals surface area contributed by atoms with E-state index in [0.29, 0.717) is 0 Å². The van der Waals surface area contributed by atoms with E-state index in [4.69, 9.17) is 0 Å². The van der Waals surface area contributed by atoms with E-state index in [1.807, 2.05) is 0 Å². The molecular formula is C58H60N2. The highest BCUT2D eigenvalue weighted by atomic mass is 15.1. The van der Waals surface area contributed by atoms with Gasteiger partial charge in [-0.2, -0.15) is 0 Å². The first-order valence-corrected chi connectivity index (χ1v) is 21.8. The molecule has 0 atom stereocenters. The first-order chi connectivity index (χ1) is 28.4. The first kappa shape index (κ1) is 39.6. The molecule has 60 heavy (non-hydrogen) atoms. The summed E-state index contributed by atoms with van der Waals surface area (Å²) in [5, 5.41) is 0. The van der Waals surface area contributed by atoms with Crippen molar-refractivity contribution < 1.29 is 0 Å². The third-order valence-corrected chi connectivity index (χ3v) is 13.5. The minimum Gasteiger partial charge on any atom is -0.310 e. The number of para-hydroxylation sites is 2. The summed E-state index contributed by atoms with van der Waals surface area (Å²) >= 11 is 0. The van der Waals surface area contributed by atoms with Gasteiger partial charge in [-0.15, -0.1) is 0 Å². The first-order valence-electron chi connectivity index (χ1n) is 21.8. The van der Waals surface area contributed by atoms with Crippen LogP contribution in [-0.2, 0) is 21.7 Å². The van der Waals surface area contributed by atoms with E-state index < -0.39 is 0 Å². The van der Waals surface area contributed by atoms with Gasteiger partial charge < -0.3 is 9.80 Å². The molecule has 0 saturated carbocycles. The van der Waals surface area contributed by atoms with Crippen LogP contribution in [0, 0.1) is 13.8 Å². The smallest absolute Gasteiger partial charge is 0.0467 e. The molecule has 0 aliphatic heterocycles. The van der Waals surface area contributed by atoms with Crippen molar-refractivity contribution >= 4 is 34.1 Å². The zero-order chi connectivity index (χ0) is 42.5. The summed E-state index contributed by atoms with van der Waals surface area (Å²) in [6, 6.07) is 54.7. The molecule has 0 aromatic heterocycles. The third-order valence-electron chi connectivity index (χ3n) is 13.5. The maximum absolute atomic E-state index is 2.49. The van der Waals surface area contributed by atoms with Crippen LogP contribution in [0.3, 0.4) is 0 Å². The summed E-state index contributed by atoms with van der Waals surface area (Å²) in [6.07, 6.45) is 0. The van der Waals surface area contributed by atoms with Crippen molar-refractivity contribution in [2.24, 2.45) is 0 Å². The van der Waals surface area contributed by atoms with Crippen molar-refractivity contribution in [3.8, 4) is 22.3 Å². The van der Waals surface area contributed by atoms with E-state index in [9.17, 15) is 0 Å². The van der Waals surface area contributed by atoms with Gasteiger partial charge in [0.15, 0.2) is 0 Å². The summed E-state index contributed by atoms with van der Waals surface area (Å²) in [4.78, 5) is 4.87. The Morgan fingerprint density at radius 3 is 1.00 bits per heavy atom. The quantitative estimate of drug-likeness (QED) is 0.166. The third kappa shape index (κ3) is 6.30. The second-order valence-corrected chi connectivity index (χ2v) is 20.5. The second kappa shape index (κ2) is 13.8. The molecular weight excluding hydrogens is 725 g/mol. The molecule has 0 heterocycles. The van der Waals surface area contributed by atoms with Gasteiger partial charge >= 0.3 is 0 Å². The molecule has 302 valence electrons. The Kier molecular flexibility index (Phi) is 9.14. The molecule has 0 bridgehead atoms. The van der Waals surface area contributed by atoms with E-state index in [0.717, 1.165) is 11.4 Å². The molecule has 0 N–H and O–H groups in total. The van der Waals surface area contributed by atoms with Crippen LogP contribution in [0.4, 0.5) is 34.1 Å². The van der Waals surface area contributed by atoms with Crippen molar-refractivity contribution in [2.45, 2.75) is 105 Å². The summed E-state index contributed by atoms with van der Waals surface area (Å²) in [7, 11) is 0. The Labute approximate surface area is 359 Å². The van der Waals surface area contributed by atoms with Gasteiger partial charge in [-0.25, -0.2) is 0 Å². The van der Waals surface area contributed by atoms with Crippen LogP contribution in [0.5, 0.6) is 0 Å². The van der Waals surface area contributed by atoms with Crippen molar-refractivity contribution in [3.63, 3.8) is 0 Å². The molecule has 2 nitrogen and oxygen atoms in total. The summed E-state index contributed by atoms with van der Waals surface area (Å²) in [5.41, 5.74) is 23.3. The van der Waals surface area contributed by atoms with Crippen molar-refractivity contribution in [2.75, 3.05) is 9.80 Å². The number of rotatable bonds is 6. The van der Waals surface area contributed by atoms with Gasteiger partial charge in [0.1, 0.15) is 0 Å². The Morgan fingerprint density at radius 1 is 0.367 bits per heavy atom. The zero-order valence-corrected chi connectivity index (χ0v) is 37.8. The Hall–Kier alpha value is -5.86. The van der Waals surface area contributed by atoms with E-state index in [1.165, 1.54) is 89.5 Å². The van der Waals surface area contributed by atoms with Gasteiger partial charge in [0.25, 0.3) is 0 Å². The van der Waals surface area contributed by atoms with Gasteiger partial charge in [0.05, 0.1) is 0 Å². The highest BCUT2D eigenvalue weighted by Gasteiger charge is 2.47.